The maximum atomic E-state index is 11.8. The summed E-state index contributed by atoms with van der Waals surface area (Å²) in [4.78, 5) is 11.8. The van der Waals surface area contributed by atoms with E-state index in [1.807, 2.05) is 18.2 Å². The quantitative estimate of drug-likeness (QED) is 0.703. The van der Waals surface area contributed by atoms with Crippen LogP contribution < -0.4 is 4.74 Å². The van der Waals surface area contributed by atoms with Crippen LogP contribution in [0.25, 0.3) is 0 Å². The second-order valence-electron chi connectivity index (χ2n) is 4.72. The first kappa shape index (κ1) is 10.2. The van der Waals surface area contributed by atoms with Gasteiger partial charge in [-0.1, -0.05) is 19.9 Å². The Morgan fingerprint density at radius 1 is 1.33 bits per heavy atom. The summed E-state index contributed by atoms with van der Waals surface area (Å²) >= 11 is 0. The summed E-state index contributed by atoms with van der Waals surface area (Å²) < 4.78 is 5.14. The topological polar surface area (TPSA) is 26.3 Å². The minimum absolute atomic E-state index is 0.107. The number of fused-ring (bicyclic) bond motifs is 1. The number of hydrogen-bond donors (Lipinski definition) is 0. The molecule has 0 bridgehead atoms. The van der Waals surface area contributed by atoms with Gasteiger partial charge in [0, 0.05) is 12.0 Å². The van der Waals surface area contributed by atoms with Crippen molar-refractivity contribution < 1.29 is 9.53 Å². The number of hydrogen-bond acceptors (Lipinski definition) is 2. The lowest BCUT2D eigenvalue weighted by atomic mass is 9.72. The molecule has 0 atom stereocenters. The maximum Gasteiger partial charge on any atom is 0.163 e. The number of methoxy groups -OCH3 is 1. The highest BCUT2D eigenvalue weighted by Crippen LogP contribution is 2.37. The van der Waals surface area contributed by atoms with Crippen LogP contribution in [0, 0.1) is 0 Å². The fraction of sp³-hybridized carbons (Fsp3) is 0.462. The number of carbonyl (C=O) groups excluding carboxylic acids is 1. The average Bonchev–Trinajstić information content (AvgIpc) is 2.23. The zero-order valence-electron chi connectivity index (χ0n) is 9.46. The SMILES string of the molecule is COc1ccc2c(c1)C(=O)CCC2(C)C. The smallest absolute Gasteiger partial charge is 0.163 e. The number of carbonyl (C=O) groups is 1. The summed E-state index contributed by atoms with van der Waals surface area (Å²) in [7, 11) is 1.63. The molecule has 0 aromatic heterocycles. The molecule has 0 spiro atoms. The Kier molecular flexibility index (Phi) is 2.29. The van der Waals surface area contributed by atoms with Gasteiger partial charge in [-0.15, -0.1) is 0 Å². The summed E-state index contributed by atoms with van der Waals surface area (Å²) in [5, 5.41) is 0. The highest BCUT2D eigenvalue weighted by Gasteiger charge is 2.31. The van der Waals surface area contributed by atoms with Crippen molar-refractivity contribution in [2.24, 2.45) is 0 Å². The fourth-order valence-corrected chi connectivity index (χ4v) is 2.17. The second kappa shape index (κ2) is 3.37. The van der Waals surface area contributed by atoms with Gasteiger partial charge in [0.2, 0.25) is 0 Å². The molecule has 1 aromatic carbocycles. The monoisotopic (exact) mass is 204 g/mol. The predicted molar refractivity (Wildman–Crippen MR) is 59.6 cm³/mol. The van der Waals surface area contributed by atoms with Gasteiger partial charge in [-0.3, -0.25) is 4.79 Å². The number of benzene rings is 1. The van der Waals surface area contributed by atoms with Crippen LogP contribution in [0.5, 0.6) is 5.75 Å². The van der Waals surface area contributed by atoms with Crippen LogP contribution in [0.1, 0.15) is 42.6 Å². The van der Waals surface area contributed by atoms with Gasteiger partial charge in [0.1, 0.15) is 5.75 Å². The minimum Gasteiger partial charge on any atom is -0.497 e. The highest BCUT2D eigenvalue weighted by atomic mass is 16.5. The van der Waals surface area contributed by atoms with Crippen molar-refractivity contribution in [3.8, 4) is 5.75 Å². The normalized spacial score (nSPS) is 18.5. The second-order valence-corrected chi connectivity index (χ2v) is 4.72. The van der Waals surface area contributed by atoms with E-state index >= 15 is 0 Å². The number of rotatable bonds is 1. The molecule has 1 aliphatic carbocycles. The molecule has 0 fully saturated rings. The van der Waals surface area contributed by atoms with Crippen molar-refractivity contribution in [2.75, 3.05) is 7.11 Å². The van der Waals surface area contributed by atoms with Gasteiger partial charge in [-0.05, 0) is 29.5 Å². The molecule has 0 heterocycles. The van der Waals surface area contributed by atoms with Crippen molar-refractivity contribution in [1.29, 1.82) is 0 Å². The van der Waals surface area contributed by atoms with E-state index in [0.29, 0.717) is 6.42 Å². The Hall–Kier alpha value is -1.31. The number of ether oxygens (including phenoxy) is 1. The van der Waals surface area contributed by atoms with E-state index in [4.69, 9.17) is 4.74 Å². The van der Waals surface area contributed by atoms with Crippen molar-refractivity contribution in [2.45, 2.75) is 32.1 Å². The predicted octanol–water partition coefficient (Wildman–Crippen LogP) is 2.95. The van der Waals surface area contributed by atoms with Crippen LogP contribution in [0.3, 0.4) is 0 Å². The van der Waals surface area contributed by atoms with Crippen LogP contribution in [-0.2, 0) is 5.41 Å². The van der Waals surface area contributed by atoms with E-state index in [0.717, 1.165) is 23.3 Å². The molecule has 0 saturated carbocycles. The number of ketones is 1. The van der Waals surface area contributed by atoms with E-state index in [-0.39, 0.29) is 11.2 Å². The molecule has 2 heteroatoms. The van der Waals surface area contributed by atoms with Gasteiger partial charge in [0.15, 0.2) is 5.78 Å². The summed E-state index contributed by atoms with van der Waals surface area (Å²) in [6.45, 7) is 4.37. The van der Waals surface area contributed by atoms with Crippen LogP contribution in [0.4, 0.5) is 0 Å². The standard InChI is InChI=1S/C13H16O2/c1-13(2)7-6-12(14)10-8-9(15-3)4-5-11(10)13/h4-5,8H,6-7H2,1-3H3. The van der Waals surface area contributed by atoms with Gasteiger partial charge in [0.25, 0.3) is 0 Å². The lowest BCUT2D eigenvalue weighted by molar-refractivity contribution is 0.0956. The fourth-order valence-electron chi connectivity index (χ4n) is 2.17. The molecule has 0 amide bonds. The summed E-state index contributed by atoms with van der Waals surface area (Å²) in [5.74, 6) is 1.00. The first-order chi connectivity index (χ1) is 7.04. The van der Waals surface area contributed by atoms with Crippen LogP contribution in [0.15, 0.2) is 18.2 Å². The lowest BCUT2D eigenvalue weighted by Gasteiger charge is -2.31. The van der Waals surface area contributed by atoms with Crippen molar-refractivity contribution in [1.82, 2.24) is 0 Å². The molecule has 1 aromatic rings. The van der Waals surface area contributed by atoms with Gasteiger partial charge >= 0.3 is 0 Å². The molecule has 1 aliphatic rings. The summed E-state index contributed by atoms with van der Waals surface area (Å²) in [6, 6.07) is 5.81. The van der Waals surface area contributed by atoms with Crippen molar-refractivity contribution >= 4 is 5.78 Å². The average molecular weight is 204 g/mol. The Bertz CT molecular complexity index is 405. The maximum absolute atomic E-state index is 11.8. The molecule has 0 unspecified atom stereocenters. The number of Topliss-reactive ketones (excluding diaryl/α,β-unsaturated/α-hetero) is 1. The molecule has 0 aliphatic heterocycles. The van der Waals surface area contributed by atoms with E-state index < -0.39 is 0 Å². The molecule has 15 heavy (non-hydrogen) atoms. The largest absolute Gasteiger partial charge is 0.497 e. The summed E-state index contributed by atoms with van der Waals surface area (Å²) in [5.41, 5.74) is 2.10. The third kappa shape index (κ3) is 1.65. The zero-order valence-corrected chi connectivity index (χ0v) is 9.46. The van der Waals surface area contributed by atoms with Crippen molar-refractivity contribution in [3.63, 3.8) is 0 Å². The van der Waals surface area contributed by atoms with E-state index in [1.165, 1.54) is 0 Å². The van der Waals surface area contributed by atoms with Crippen LogP contribution in [-0.4, -0.2) is 12.9 Å². The first-order valence-corrected chi connectivity index (χ1v) is 5.26. The molecule has 0 saturated heterocycles. The molecule has 2 nitrogen and oxygen atoms in total. The molecular formula is C13H16O2. The van der Waals surface area contributed by atoms with Gasteiger partial charge in [-0.25, -0.2) is 0 Å². The lowest BCUT2D eigenvalue weighted by Crippen LogP contribution is -2.27. The highest BCUT2D eigenvalue weighted by molar-refractivity contribution is 5.99. The van der Waals surface area contributed by atoms with E-state index in [2.05, 4.69) is 13.8 Å². The Morgan fingerprint density at radius 2 is 2.07 bits per heavy atom. The molecule has 0 radical (unpaired) electrons. The Labute approximate surface area is 90.3 Å². The van der Waals surface area contributed by atoms with Crippen molar-refractivity contribution in [3.05, 3.63) is 29.3 Å². The summed E-state index contributed by atoms with van der Waals surface area (Å²) in [6.07, 6.45) is 1.58. The van der Waals surface area contributed by atoms with Crippen LogP contribution >= 0.6 is 0 Å². The van der Waals surface area contributed by atoms with Gasteiger partial charge < -0.3 is 4.74 Å². The third-order valence-electron chi connectivity index (χ3n) is 3.23. The Morgan fingerprint density at radius 3 is 2.73 bits per heavy atom. The molecule has 0 N–H and O–H groups in total. The van der Waals surface area contributed by atoms with Gasteiger partial charge in [-0.2, -0.15) is 0 Å². The zero-order chi connectivity index (χ0) is 11.1. The van der Waals surface area contributed by atoms with Gasteiger partial charge in [0.05, 0.1) is 7.11 Å². The van der Waals surface area contributed by atoms with E-state index in [9.17, 15) is 4.79 Å². The molecule has 80 valence electrons. The van der Waals surface area contributed by atoms with E-state index in [1.54, 1.807) is 7.11 Å². The first-order valence-electron chi connectivity index (χ1n) is 5.26. The molecular weight excluding hydrogens is 188 g/mol. The third-order valence-corrected chi connectivity index (χ3v) is 3.23. The Balaban J connectivity index is 2.57. The van der Waals surface area contributed by atoms with Crippen LogP contribution in [0.2, 0.25) is 0 Å². The minimum atomic E-state index is 0.107. The molecule has 2 rings (SSSR count).